The van der Waals surface area contributed by atoms with E-state index in [0.29, 0.717) is 6.42 Å². The average Bonchev–Trinajstić information content (AvgIpc) is 2.86. The number of methoxy groups -OCH3 is 1. The fraction of sp³-hybridized carbons (Fsp3) is 0.615. The maximum Gasteiger partial charge on any atom is 0.328 e. The van der Waals surface area contributed by atoms with Crippen molar-refractivity contribution in [3.8, 4) is 0 Å². The van der Waals surface area contributed by atoms with Gasteiger partial charge in [0.05, 0.1) is 19.8 Å². The second-order valence-electron chi connectivity index (χ2n) is 9.32. The molecule has 0 aliphatic rings. The lowest BCUT2D eigenvalue weighted by atomic mass is 9.97. The van der Waals surface area contributed by atoms with Crippen molar-refractivity contribution < 1.29 is 29.0 Å². The van der Waals surface area contributed by atoms with Gasteiger partial charge in [0.1, 0.15) is 12.1 Å². The topological polar surface area (TPSA) is 160 Å². The number of aliphatic hydroxyl groups is 1. The summed E-state index contributed by atoms with van der Waals surface area (Å²) in [4.78, 5) is 49.9. The Morgan fingerprint density at radius 1 is 0.944 bits per heavy atom. The second kappa shape index (κ2) is 16.6. The number of hydrogen-bond donors (Lipinski definition) is 5. The van der Waals surface area contributed by atoms with Crippen molar-refractivity contribution in [3.63, 3.8) is 0 Å². The van der Waals surface area contributed by atoms with Gasteiger partial charge in [0.15, 0.2) is 0 Å². The zero-order valence-electron chi connectivity index (χ0n) is 21.8. The van der Waals surface area contributed by atoms with Crippen LogP contribution in [0.25, 0.3) is 0 Å². The van der Waals surface area contributed by atoms with E-state index in [1.807, 2.05) is 18.2 Å². The number of esters is 1. The monoisotopic (exact) mass is 506 g/mol. The zero-order chi connectivity index (χ0) is 27.1. The minimum absolute atomic E-state index is 0.0864. The molecule has 36 heavy (non-hydrogen) atoms. The van der Waals surface area contributed by atoms with Crippen LogP contribution in [0.4, 0.5) is 0 Å². The first kappa shape index (κ1) is 31.1. The Balaban J connectivity index is 2.80. The van der Waals surface area contributed by atoms with Gasteiger partial charge in [-0.1, -0.05) is 50.6 Å². The van der Waals surface area contributed by atoms with Gasteiger partial charge in [0.25, 0.3) is 0 Å². The predicted molar refractivity (Wildman–Crippen MR) is 137 cm³/mol. The Morgan fingerprint density at radius 2 is 1.61 bits per heavy atom. The second-order valence-corrected chi connectivity index (χ2v) is 9.32. The highest BCUT2D eigenvalue weighted by Gasteiger charge is 2.34. The fourth-order valence-corrected chi connectivity index (χ4v) is 3.63. The maximum absolute atomic E-state index is 13.1. The molecule has 3 amide bonds. The third-order valence-electron chi connectivity index (χ3n) is 5.89. The number of aryl methyl sites for hydroxylation is 1. The van der Waals surface area contributed by atoms with E-state index in [1.165, 1.54) is 19.6 Å². The highest BCUT2D eigenvalue weighted by atomic mass is 16.5. The largest absolute Gasteiger partial charge is 0.467 e. The molecule has 0 heterocycles. The van der Waals surface area contributed by atoms with Gasteiger partial charge in [0, 0.05) is 18.9 Å². The highest BCUT2D eigenvalue weighted by molar-refractivity contribution is 5.91. The Morgan fingerprint density at radius 3 is 2.17 bits per heavy atom. The van der Waals surface area contributed by atoms with E-state index in [1.54, 1.807) is 13.8 Å². The summed E-state index contributed by atoms with van der Waals surface area (Å²) in [5, 5.41) is 17.8. The average molecular weight is 507 g/mol. The number of rotatable bonds is 16. The molecule has 202 valence electrons. The number of nitrogens with two attached hydrogens (primary N) is 1. The van der Waals surface area contributed by atoms with Crippen molar-refractivity contribution in [3.05, 3.63) is 35.9 Å². The molecular formula is C26H42N4O6. The molecule has 10 heteroatoms. The normalized spacial score (nSPS) is 14.3. The fourth-order valence-electron chi connectivity index (χ4n) is 3.63. The van der Waals surface area contributed by atoms with Crippen molar-refractivity contribution in [1.29, 1.82) is 0 Å². The Bertz CT molecular complexity index is 831. The van der Waals surface area contributed by atoms with Crippen LogP contribution in [-0.4, -0.2) is 67.2 Å². The van der Waals surface area contributed by atoms with Gasteiger partial charge >= 0.3 is 5.97 Å². The van der Waals surface area contributed by atoms with Crippen LogP contribution < -0.4 is 21.7 Å². The molecule has 0 bridgehead atoms. The van der Waals surface area contributed by atoms with Crippen LogP contribution in [0.1, 0.15) is 52.0 Å². The highest BCUT2D eigenvalue weighted by Crippen LogP contribution is 2.11. The summed E-state index contributed by atoms with van der Waals surface area (Å²) in [5.74, 6) is -3.18. The van der Waals surface area contributed by atoms with Crippen LogP contribution in [-0.2, 0) is 30.3 Å². The van der Waals surface area contributed by atoms with Gasteiger partial charge in [-0.05, 0) is 37.7 Å². The predicted octanol–water partition coefficient (Wildman–Crippen LogP) is 0.660. The van der Waals surface area contributed by atoms with Gasteiger partial charge in [-0.2, -0.15) is 0 Å². The molecule has 1 rings (SSSR count). The number of nitrogens with one attached hydrogen (secondary N) is 3. The third kappa shape index (κ3) is 11.2. The molecule has 0 radical (unpaired) electrons. The molecule has 4 atom stereocenters. The summed E-state index contributed by atoms with van der Waals surface area (Å²) in [6.07, 6.45) is 3.52. The molecule has 1 aromatic carbocycles. The lowest BCUT2D eigenvalue weighted by Gasteiger charge is -2.29. The molecule has 3 unspecified atom stereocenters. The number of unbranched alkanes of at least 4 members (excludes halogenated alkanes) is 2. The summed E-state index contributed by atoms with van der Waals surface area (Å²) < 4.78 is 4.77. The van der Waals surface area contributed by atoms with E-state index in [0.717, 1.165) is 19.3 Å². The van der Waals surface area contributed by atoms with Crippen LogP contribution in [0.5, 0.6) is 0 Å². The molecule has 0 saturated carbocycles. The number of benzene rings is 1. The molecular weight excluding hydrogens is 464 g/mol. The van der Waals surface area contributed by atoms with Crippen LogP contribution in [0.3, 0.4) is 0 Å². The molecule has 0 fully saturated rings. The molecule has 0 saturated heterocycles. The first-order valence-electron chi connectivity index (χ1n) is 12.5. The number of carbonyl (C=O) groups is 4. The Hall–Kier alpha value is -2.98. The minimum atomic E-state index is -1.17. The van der Waals surface area contributed by atoms with Gasteiger partial charge in [0.2, 0.25) is 17.7 Å². The molecule has 1 aromatic rings. The third-order valence-corrected chi connectivity index (χ3v) is 5.89. The number of hydrogen-bond acceptors (Lipinski definition) is 7. The summed E-state index contributed by atoms with van der Waals surface area (Å²) in [6, 6.07) is 7.20. The number of carbonyl (C=O) groups excluding carboxylic acids is 4. The van der Waals surface area contributed by atoms with Crippen molar-refractivity contribution in [2.45, 2.75) is 71.0 Å². The molecule has 6 N–H and O–H groups in total. The maximum atomic E-state index is 13.1. The summed E-state index contributed by atoms with van der Waals surface area (Å²) in [5.41, 5.74) is 6.81. The van der Waals surface area contributed by atoms with E-state index in [-0.39, 0.29) is 24.8 Å². The van der Waals surface area contributed by atoms with Crippen molar-refractivity contribution in [2.24, 2.45) is 17.6 Å². The summed E-state index contributed by atoms with van der Waals surface area (Å²) in [7, 11) is 1.22. The smallest absolute Gasteiger partial charge is 0.328 e. The lowest BCUT2D eigenvalue weighted by Crippen LogP contribution is -2.58. The SMILES string of the molecule is COC(=O)C(NC(=O)C(NC(=O)CCCCCc1ccccc1)C(CO)CNC(=O)[C@H](C)N)C(C)C. The van der Waals surface area contributed by atoms with E-state index in [4.69, 9.17) is 10.5 Å². The van der Waals surface area contributed by atoms with E-state index in [9.17, 15) is 24.3 Å². The Kier molecular flexibility index (Phi) is 14.4. The zero-order valence-corrected chi connectivity index (χ0v) is 21.8. The standard InChI is InChI=1S/C26H42N4O6/c1-17(2)22(26(35)36-4)30-25(34)23(20(16-31)15-28-24(33)18(3)27)29-21(32)14-10-6-9-13-19-11-7-5-8-12-19/h5,7-8,11-12,17-18,20,22-23,31H,6,9-10,13-16,27H2,1-4H3,(H,28,33)(H,29,32)(H,30,34)/t18-,20?,22?,23?/m0/s1. The Labute approximate surface area is 213 Å². The molecule has 0 aromatic heterocycles. The summed E-state index contributed by atoms with van der Waals surface area (Å²) in [6.45, 7) is 4.43. The van der Waals surface area contributed by atoms with Crippen molar-refractivity contribution in [2.75, 3.05) is 20.3 Å². The van der Waals surface area contributed by atoms with Gasteiger partial charge in [-0.3, -0.25) is 14.4 Å². The van der Waals surface area contributed by atoms with Gasteiger partial charge in [-0.15, -0.1) is 0 Å². The number of aliphatic hydroxyl groups excluding tert-OH is 1. The van der Waals surface area contributed by atoms with Gasteiger partial charge in [-0.25, -0.2) is 4.79 Å². The van der Waals surface area contributed by atoms with Crippen LogP contribution in [0, 0.1) is 11.8 Å². The van der Waals surface area contributed by atoms with Crippen LogP contribution >= 0.6 is 0 Å². The summed E-state index contributed by atoms with van der Waals surface area (Å²) >= 11 is 0. The first-order valence-corrected chi connectivity index (χ1v) is 12.5. The number of ether oxygens (including phenoxy) is 1. The number of amides is 3. The van der Waals surface area contributed by atoms with E-state index < -0.39 is 48.4 Å². The minimum Gasteiger partial charge on any atom is -0.467 e. The molecule has 0 aliphatic carbocycles. The van der Waals surface area contributed by atoms with Crippen molar-refractivity contribution >= 4 is 23.7 Å². The van der Waals surface area contributed by atoms with Crippen molar-refractivity contribution in [1.82, 2.24) is 16.0 Å². The van der Waals surface area contributed by atoms with Crippen LogP contribution in [0.15, 0.2) is 30.3 Å². The van der Waals surface area contributed by atoms with E-state index in [2.05, 4.69) is 28.1 Å². The molecule has 10 nitrogen and oxygen atoms in total. The lowest BCUT2D eigenvalue weighted by molar-refractivity contribution is -0.147. The molecule has 0 aliphatic heterocycles. The first-order chi connectivity index (χ1) is 17.1. The van der Waals surface area contributed by atoms with E-state index >= 15 is 0 Å². The van der Waals surface area contributed by atoms with Gasteiger partial charge < -0.3 is 31.5 Å². The quantitative estimate of drug-likeness (QED) is 0.163. The van der Waals surface area contributed by atoms with Crippen LogP contribution in [0.2, 0.25) is 0 Å². The molecule has 0 spiro atoms.